The fourth-order valence-corrected chi connectivity index (χ4v) is 2.82. The van der Waals surface area contributed by atoms with Gasteiger partial charge in [-0.05, 0) is 42.0 Å². The van der Waals surface area contributed by atoms with E-state index in [0.29, 0.717) is 23.5 Å². The van der Waals surface area contributed by atoms with Crippen LogP contribution in [0.1, 0.15) is 26.3 Å². The second kappa shape index (κ2) is 9.33. The van der Waals surface area contributed by atoms with Gasteiger partial charge in [0.15, 0.2) is 0 Å². The number of rotatable bonds is 7. The number of benzene rings is 3. The predicted molar refractivity (Wildman–Crippen MR) is 115 cm³/mol. The van der Waals surface area contributed by atoms with E-state index in [9.17, 15) is 19.7 Å². The van der Waals surface area contributed by atoms with E-state index in [4.69, 9.17) is 0 Å². The van der Waals surface area contributed by atoms with Crippen molar-refractivity contribution in [2.75, 3.05) is 17.7 Å². The normalized spacial score (nSPS) is 10.2. The third-order valence-corrected chi connectivity index (χ3v) is 4.41. The maximum Gasteiger partial charge on any atom is 0.293 e. The number of carbonyl (C=O) groups is 2. The standard InChI is InChI=1S/C22H20N4O4/c1-23-21(27)16-7-10-18(11-8-16)25-22(28)17-9-12-19(20(13-17)26(29)30)24-14-15-5-3-2-4-6-15/h2-13,24H,14H2,1H3,(H,23,27)(H,25,28). The van der Waals surface area contributed by atoms with E-state index in [1.54, 1.807) is 24.3 Å². The molecule has 0 heterocycles. The zero-order chi connectivity index (χ0) is 21.5. The fourth-order valence-electron chi connectivity index (χ4n) is 2.82. The van der Waals surface area contributed by atoms with Crippen LogP contribution in [0.5, 0.6) is 0 Å². The Labute approximate surface area is 173 Å². The summed E-state index contributed by atoms with van der Waals surface area (Å²) in [6.07, 6.45) is 0. The topological polar surface area (TPSA) is 113 Å². The van der Waals surface area contributed by atoms with Gasteiger partial charge in [-0.3, -0.25) is 19.7 Å². The summed E-state index contributed by atoms with van der Waals surface area (Å²) in [5.74, 6) is -0.720. The molecule has 0 aromatic heterocycles. The van der Waals surface area contributed by atoms with Gasteiger partial charge in [-0.2, -0.15) is 0 Å². The Balaban J connectivity index is 1.73. The average Bonchev–Trinajstić information content (AvgIpc) is 2.78. The number of carbonyl (C=O) groups excluding carboxylic acids is 2. The van der Waals surface area contributed by atoms with Crippen LogP contribution in [0.4, 0.5) is 17.1 Å². The molecule has 0 saturated heterocycles. The molecule has 0 spiro atoms. The van der Waals surface area contributed by atoms with Crippen LogP contribution in [0.2, 0.25) is 0 Å². The van der Waals surface area contributed by atoms with Crippen LogP contribution in [0.3, 0.4) is 0 Å². The number of hydrogen-bond donors (Lipinski definition) is 3. The van der Waals surface area contributed by atoms with Gasteiger partial charge in [-0.1, -0.05) is 30.3 Å². The van der Waals surface area contributed by atoms with Gasteiger partial charge < -0.3 is 16.0 Å². The van der Waals surface area contributed by atoms with Crippen LogP contribution in [-0.2, 0) is 6.54 Å². The first-order chi connectivity index (χ1) is 14.5. The molecule has 8 nitrogen and oxygen atoms in total. The van der Waals surface area contributed by atoms with Gasteiger partial charge in [0.05, 0.1) is 4.92 Å². The van der Waals surface area contributed by atoms with Crippen LogP contribution in [0.15, 0.2) is 72.8 Å². The number of anilines is 2. The number of nitro groups is 1. The predicted octanol–water partition coefficient (Wildman–Crippen LogP) is 3.82. The van der Waals surface area contributed by atoms with Gasteiger partial charge in [-0.25, -0.2) is 0 Å². The van der Waals surface area contributed by atoms with Crippen molar-refractivity contribution in [1.29, 1.82) is 0 Å². The third kappa shape index (κ3) is 4.99. The van der Waals surface area contributed by atoms with E-state index in [1.807, 2.05) is 30.3 Å². The lowest BCUT2D eigenvalue weighted by Crippen LogP contribution is -2.18. The zero-order valence-electron chi connectivity index (χ0n) is 16.2. The highest BCUT2D eigenvalue weighted by atomic mass is 16.6. The van der Waals surface area contributed by atoms with Crippen molar-refractivity contribution in [1.82, 2.24) is 5.32 Å². The zero-order valence-corrected chi connectivity index (χ0v) is 16.2. The molecule has 0 fully saturated rings. The van der Waals surface area contributed by atoms with Crippen molar-refractivity contribution in [2.45, 2.75) is 6.54 Å². The SMILES string of the molecule is CNC(=O)c1ccc(NC(=O)c2ccc(NCc3ccccc3)c([N+](=O)[O-])c2)cc1. The molecule has 0 aliphatic rings. The minimum atomic E-state index is -0.526. The molecular weight excluding hydrogens is 384 g/mol. The summed E-state index contributed by atoms with van der Waals surface area (Å²) in [4.78, 5) is 35.1. The summed E-state index contributed by atoms with van der Waals surface area (Å²) >= 11 is 0. The van der Waals surface area contributed by atoms with Crippen molar-refractivity contribution < 1.29 is 14.5 Å². The van der Waals surface area contributed by atoms with Crippen molar-refractivity contribution in [3.63, 3.8) is 0 Å². The smallest absolute Gasteiger partial charge is 0.293 e. The molecule has 0 radical (unpaired) electrons. The number of nitro benzene ring substituents is 1. The maximum atomic E-state index is 12.5. The summed E-state index contributed by atoms with van der Waals surface area (Å²) in [6, 6.07) is 20.1. The highest BCUT2D eigenvalue weighted by Gasteiger charge is 2.18. The molecule has 0 aliphatic heterocycles. The first kappa shape index (κ1) is 20.5. The fraction of sp³-hybridized carbons (Fsp3) is 0.0909. The quantitative estimate of drug-likeness (QED) is 0.409. The lowest BCUT2D eigenvalue weighted by atomic mass is 10.1. The second-order valence-electron chi connectivity index (χ2n) is 6.44. The second-order valence-corrected chi connectivity index (χ2v) is 6.44. The first-order valence-corrected chi connectivity index (χ1v) is 9.17. The van der Waals surface area contributed by atoms with E-state index in [1.165, 1.54) is 25.2 Å². The molecular formula is C22H20N4O4. The Hall–Kier alpha value is -4.20. The number of nitrogens with zero attached hydrogens (tertiary/aromatic N) is 1. The molecule has 30 heavy (non-hydrogen) atoms. The van der Waals surface area contributed by atoms with Gasteiger partial charge in [0.1, 0.15) is 5.69 Å². The molecule has 0 saturated carbocycles. The van der Waals surface area contributed by atoms with E-state index in [2.05, 4.69) is 16.0 Å². The number of hydrogen-bond acceptors (Lipinski definition) is 5. The van der Waals surface area contributed by atoms with Crippen molar-refractivity contribution in [2.24, 2.45) is 0 Å². The van der Waals surface area contributed by atoms with E-state index in [-0.39, 0.29) is 17.2 Å². The summed E-state index contributed by atoms with van der Waals surface area (Å²) in [5, 5.41) is 19.7. The molecule has 3 N–H and O–H groups in total. The van der Waals surface area contributed by atoms with Crippen LogP contribution in [0, 0.1) is 10.1 Å². The van der Waals surface area contributed by atoms with Gasteiger partial charge >= 0.3 is 0 Å². The van der Waals surface area contributed by atoms with Crippen LogP contribution in [0.25, 0.3) is 0 Å². The lowest BCUT2D eigenvalue weighted by molar-refractivity contribution is -0.384. The van der Waals surface area contributed by atoms with E-state index in [0.717, 1.165) is 5.56 Å². The Morgan fingerprint density at radius 1 is 0.900 bits per heavy atom. The lowest BCUT2D eigenvalue weighted by Gasteiger charge is -2.10. The van der Waals surface area contributed by atoms with E-state index < -0.39 is 10.8 Å². The summed E-state index contributed by atoms with van der Waals surface area (Å²) < 4.78 is 0. The van der Waals surface area contributed by atoms with E-state index >= 15 is 0 Å². The minimum Gasteiger partial charge on any atom is -0.375 e. The summed E-state index contributed by atoms with van der Waals surface area (Å²) in [5.41, 5.74) is 2.21. The monoisotopic (exact) mass is 404 g/mol. The Bertz CT molecular complexity index is 1070. The summed E-state index contributed by atoms with van der Waals surface area (Å²) in [7, 11) is 1.53. The minimum absolute atomic E-state index is 0.155. The van der Waals surface area contributed by atoms with Gasteiger partial charge in [0.25, 0.3) is 17.5 Å². The van der Waals surface area contributed by atoms with Crippen molar-refractivity contribution >= 4 is 28.9 Å². The highest BCUT2D eigenvalue weighted by Crippen LogP contribution is 2.26. The first-order valence-electron chi connectivity index (χ1n) is 9.17. The Kier molecular flexibility index (Phi) is 6.39. The average molecular weight is 404 g/mol. The van der Waals surface area contributed by atoms with Crippen LogP contribution < -0.4 is 16.0 Å². The van der Waals surface area contributed by atoms with Gasteiger partial charge in [0, 0.05) is 36.5 Å². The largest absolute Gasteiger partial charge is 0.375 e. The van der Waals surface area contributed by atoms with Gasteiger partial charge in [0.2, 0.25) is 0 Å². The molecule has 0 bridgehead atoms. The molecule has 152 valence electrons. The van der Waals surface area contributed by atoms with Crippen molar-refractivity contribution in [3.05, 3.63) is 99.6 Å². The number of amides is 2. The summed E-state index contributed by atoms with van der Waals surface area (Å²) in [6.45, 7) is 0.422. The molecule has 3 rings (SSSR count). The third-order valence-electron chi connectivity index (χ3n) is 4.41. The van der Waals surface area contributed by atoms with Crippen LogP contribution >= 0.6 is 0 Å². The van der Waals surface area contributed by atoms with Crippen molar-refractivity contribution in [3.8, 4) is 0 Å². The molecule has 2 amide bonds. The highest BCUT2D eigenvalue weighted by molar-refractivity contribution is 6.05. The Morgan fingerprint density at radius 2 is 1.57 bits per heavy atom. The molecule has 3 aromatic carbocycles. The molecule has 3 aromatic rings. The Morgan fingerprint density at radius 3 is 2.20 bits per heavy atom. The molecule has 8 heteroatoms. The van der Waals surface area contributed by atoms with Crippen LogP contribution in [-0.4, -0.2) is 23.8 Å². The maximum absolute atomic E-state index is 12.5. The molecule has 0 atom stereocenters. The van der Waals surface area contributed by atoms with Gasteiger partial charge in [-0.15, -0.1) is 0 Å². The molecule has 0 aliphatic carbocycles. The number of nitrogens with one attached hydrogen (secondary N) is 3. The molecule has 0 unspecified atom stereocenters.